The minimum atomic E-state index is -0.620. The molecule has 0 fully saturated rings. The van der Waals surface area contributed by atoms with E-state index in [1.165, 1.54) is 16.7 Å². The van der Waals surface area contributed by atoms with E-state index in [9.17, 15) is 4.79 Å². The number of esters is 1. The van der Waals surface area contributed by atoms with Crippen molar-refractivity contribution in [3.8, 4) is 0 Å². The van der Waals surface area contributed by atoms with E-state index in [0.29, 0.717) is 6.42 Å². The molecule has 0 saturated carbocycles. The Balaban J connectivity index is 2.03. The van der Waals surface area contributed by atoms with Crippen LogP contribution < -0.4 is 0 Å². The molecule has 1 heterocycles. The van der Waals surface area contributed by atoms with Crippen LogP contribution in [0.1, 0.15) is 43.9 Å². The van der Waals surface area contributed by atoms with Crippen LogP contribution in [-0.4, -0.2) is 11.6 Å². The Morgan fingerprint density at radius 2 is 1.10 bits per heavy atom. The fourth-order valence-electron chi connectivity index (χ4n) is 4.53. The zero-order chi connectivity index (χ0) is 20.5. The van der Waals surface area contributed by atoms with Gasteiger partial charge in [0, 0.05) is 11.0 Å². The van der Waals surface area contributed by atoms with Gasteiger partial charge in [0.1, 0.15) is 5.60 Å². The van der Waals surface area contributed by atoms with E-state index in [1.807, 2.05) is 39.0 Å². The molecule has 0 aromatic heterocycles. The van der Waals surface area contributed by atoms with Gasteiger partial charge in [-0.15, -0.1) is 0 Å². The van der Waals surface area contributed by atoms with E-state index in [4.69, 9.17) is 4.74 Å². The Morgan fingerprint density at radius 1 is 0.724 bits per heavy atom. The molecule has 146 valence electrons. The lowest BCUT2D eigenvalue weighted by molar-refractivity contribution is -0.144. The van der Waals surface area contributed by atoms with Crippen LogP contribution in [0.4, 0.5) is 0 Å². The fourth-order valence-corrected chi connectivity index (χ4v) is 4.53. The molecule has 2 heteroatoms. The molecule has 0 saturated heterocycles. The first-order valence-corrected chi connectivity index (χ1v) is 10.1. The van der Waals surface area contributed by atoms with E-state index >= 15 is 0 Å². The molecule has 0 amide bonds. The van der Waals surface area contributed by atoms with Crippen LogP contribution in [0.15, 0.2) is 102 Å². The maximum atomic E-state index is 12.4. The predicted octanol–water partition coefficient (Wildman–Crippen LogP) is 6.06. The van der Waals surface area contributed by atoms with Gasteiger partial charge in [-0.3, -0.25) is 0 Å². The van der Waals surface area contributed by atoms with Crippen molar-refractivity contribution in [2.45, 2.75) is 38.2 Å². The predicted molar refractivity (Wildman–Crippen MR) is 117 cm³/mol. The molecular weight excluding hydrogens is 356 g/mol. The van der Waals surface area contributed by atoms with Crippen molar-refractivity contribution in [3.05, 3.63) is 119 Å². The SMILES string of the molecule is CC1=C(CC(c2ccccc2)(c2ccccc2)c2ccccc2)C(C)(C)OC1=O. The lowest BCUT2D eigenvalue weighted by Crippen LogP contribution is -2.34. The van der Waals surface area contributed by atoms with E-state index in [-0.39, 0.29) is 5.97 Å². The van der Waals surface area contributed by atoms with E-state index < -0.39 is 11.0 Å². The topological polar surface area (TPSA) is 26.3 Å². The van der Waals surface area contributed by atoms with E-state index in [0.717, 1.165) is 11.1 Å². The van der Waals surface area contributed by atoms with Gasteiger partial charge in [0.25, 0.3) is 0 Å². The molecule has 0 unspecified atom stereocenters. The van der Waals surface area contributed by atoms with Crippen LogP contribution in [0.2, 0.25) is 0 Å². The third kappa shape index (κ3) is 3.29. The summed E-state index contributed by atoms with van der Waals surface area (Å²) in [6.07, 6.45) is 0.676. The van der Waals surface area contributed by atoms with Crippen molar-refractivity contribution in [3.63, 3.8) is 0 Å². The molecule has 0 N–H and O–H groups in total. The van der Waals surface area contributed by atoms with Crippen LogP contribution in [0, 0.1) is 0 Å². The third-order valence-corrected chi connectivity index (χ3v) is 6.08. The number of hydrogen-bond donors (Lipinski definition) is 0. The average molecular weight is 383 g/mol. The quantitative estimate of drug-likeness (QED) is 0.396. The largest absolute Gasteiger partial charge is 0.452 e. The summed E-state index contributed by atoms with van der Waals surface area (Å²) < 4.78 is 5.71. The Bertz CT molecular complexity index is 935. The van der Waals surface area contributed by atoms with E-state index in [1.54, 1.807) is 0 Å². The Morgan fingerprint density at radius 3 is 1.41 bits per heavy atom. The Hall–Kier alpha value is -3.13. The monoisotopic (exact) mass is 382 g/mol. The number of rotatable bonds is 5. The second-order valence-electron chi connectivity index (χ2n) is 8.18. The molecule has 29 heavy (non-hydrogen) atoms. The van der Waals surface area contributed by atoms with Crippen molar-refractivity contribution < 1.29 is 9.53 Å². The number of carbonyl (C=O) groups excluding carboxylic acids is 1. The molecule has 0 aliphatic carbocycles. The smallest absolute Gasteiger partial charge is 0.334 e. The molecule has 2 nitrogen and oxygen atoms in total. The van der Waals surface area contributed by atoms with E-state index in [2.05, 4.69) is 72.8 Å². The van der Waals surface area contributed by atoms with Crippen molar-refractivity contribution in [2.75, 3.05) is 0 Å². The van der Waals surface area contributed by atoms with Gasteiger partial charge in [-0.1, -0.05) is 91.0 Å². The van der Waals surface area contributed by atoms with Crippen molar-refractivity contribution in [1.29, 1.82) is 0 Å². The number of hydrogen-bond acceptors (Lipinski definition) is 2. The lowest BCUT2D eigenvalue weighted by Gasteiger charge is -2.38. The highest BCUT2D eigenvalue weighted by atomic mass is 16.6. The van der Waals surface area contributed by atoms with Crippen molar-refractivity contribution in [2.24, 2.45) is 0 Å². The van der Waals surface area contributed by atoms with Crippen LogP contribution in [0.25, 0.3) is 0 Å². The number of cyclic esters (lactones) is 1. The van der Waals surface area contributed by atoms with Crippen LogP contribution in [0.3, 0.4) is 0 Å². The molecule has 0 bridgehead atoms. The average Bonchev–Trinajstić information content (AvgIpc) is 2.94. The summed E-state index contributed by atoms with van der Waals surface area (Å²) in [5.41, 5.74) is 4.34. The summed E-state index contributed by atoms with van der Waals surface area (Å²) in [6.45, 7) is 5.86. The molecule has 1 aliphatic heterocycles. The Labute approximate surface area is 172 Å². The first-order chi connectivity index (χ1) is 13.9. The van der Waals surface area contributed by atoms with Gasteiger partial charge < -0.3 is 4.74 Å². The summed E-state index contributed by atoms with van der Waals surface area (Å²) in [7, 11) is 0. The summed E-state index contributed by atoms with van der Waals surface area (Å²) in [6, 6.07) is 31.7. The first-order valence-electron chi connectivity index (χ1n) is 10.1. The van der Waals surface area contributed by atoms with Gasteiger partial charge in [-0.25, -0.2) is 4.79 Å². The summed E-state index contributed by atoms with van der Waals surface area (Å²) in [5.74, 6) is -0.215. The van der Waals surface area contributed by atoms with Crippen molar-refractivity contribution >= 4 is 5.97 Å². The Kier molecular flexibility index (Phi) is 4.87. The number of carbonyl (C=O) groups is 1. The minimum Gasteiger partial charge on any atom is -0.452 e. The first kappa shape index (κ1) is 19.2. The van der Waals surface area contributed by atoms with Gasteiger partial charge >= 0.3 is 5.97 Å². The molecule has 3 aromatic carbocycles. The normalized spacial score (nSPS) is 16.0. The zero-order valence-corrected chi connectivity index (χ0v) is 17.2. The third-order valence-electron chi connectivity index (χ3n) is 6.08. The highest BCUT2D eigenvalue weighted by molar-refractivity contribution is 5.92. The van der Waals surface area contributed by atoms with Gasteiger partial charge in [-0.05, 0) is 49.5 Å². The molecule has 0 atom stereocenters. The summed E-state index contributed by atoms with van der Waals surface area (Å²) in [4.78, 5) is 12.4. The lowest BCUT2D eigenvalue weighted by atomic mass is 9.64. The zero-order valence-electron chi connectivity index (χ0n) is 17.2. The van der Waals surface area contributed by atoms with Gasteiger partial charge in [0.15, 0.2) is 0 Å². The molecule has 3 aromatic rings. The number of ether oxygens (including phenoxy) is 1. The maximum Gasteiger partial charge on any atom is 0.334 e. The highest BCUT2D eigenvalue weighted by Gasteiger charge is 2.45. The molecular formula is C27H26O2. The second kappa shape index (κ2) is 7.36. The second-order valence-corrected chi connectivity index (χ2v) is 8.18. The summed E-state index contributed by atoms with van der Waals surface area (Å²) >= 11 is 0. The molecule has 1 aliphatic rings. The molecule has 4 rings (SSSR count). The molecule has 0 spiro atoms. The van der Waals surface area contributed by atoms with Crippen molar-refractivity contribution in [1.82, 2.24) is 0 Å². The van der Waals surface area contributed by atoms with Crippen LogP contribution >= 0.6 is 0 Å². The maximum absolute atomic E-state index is 12.4. The fraction of sp³-hybridized carbons (Fsp3) is 0.222. The van der Waals surface area contributed by atoms with Crippen LogP contribution in [0.5, 0.6) is 0 Å². The number of benzene rings is 3. The van der Waals surface area contributed by atoms with Gasteiger partial charge in [-0.2, -0.15) is 0 Å². The van der Waals surface area contributed by atoms with Gasteiger partial charge in [0.2, 0.25) is 0 Å². The summed E-state index contributed by atoms with van der Waals surface area (Å²) in [5, 5.41) is 0. The molecule has 0 radical (unpaired) electrons. The standard InChI is InChI=1S/C27H26O2/c1-20-24(26(2,3)29-25(20)28)19-27(21-13-7-4-8-14-21,22-15-9-5-10-16-22)23-17-11-6-12-18-23/h4-18H,19H2,1-3H3. The van der Waals surface area contributed by atoms with Crippen LogP contribution in [-0.2, 0) is 14.9 Å². The highest BCUT2D eigenvalue weighted by Crippen LogP contribution is 2.48. The van der Waals surface area contributed by atoms with Gasteiger partial charge in [0.05, 0.1) is 0 Å². The minimum absolute atomic E-state index is 0.215.